The molecule has 4 aromatic rings. The molecule has 134 valence electrons. The molecule has 0 saturated heterocycles. The molecule has 0 aliphatic heterocycles. The molecule has 2 aromatic heterocycles. The molecule has 2 aromatic carbocycles. The molecule has 0 spiro atoms. The van der Waals surface area contributed by atoms with E-state index in [-0.39, 0.29) is 5.91 Å². The maximum absolute atomic E-state index is 12.6. The van der Waals surface area contributed by atoms with E-state index in [1.807, 2.05) is 6.07 Å². The number of amides is 1. The lowest BCUT2D eigenvalue weighted by molar-refractivity contribution is 0.102. The van der Waals surface area contributed by atoms with Gasteiger partial charge in [-0.1, -0.05) is 29.0 Å². The van der Waals surface area contributed by atoms with Crippen molar-refractivity contribution in [1.82, 2.24) is 14.8 Å². The summed E-state index contributed by atoms with van der Waals surface area (Å²) in [5, 5.41) is 6.17. The molecular formula is C18H11ClN4O3S. The Balaban J connectivity index is 1.64. The van der Waals surface area contributed by atoms with E-state index in [2.05, 4.69) is 15.4 Å². The summed E-state index contributed by atoms with van der Waals surface area (Å²) in [6.07, 6.45) is 0. The van der Waals surface area contributed by atoms with Crippen molar-refractivity contribution in [1.29, 1.82) is 0 Å². The first-order chi connectivity index (χ1) is 13.0. The lowest BCUT2D eigenvalue weighted by Gasteiger charge is -2.07. The van der Waals surface area contributed by atoms with Crippen LogP contribution in [0, 0.1) is 0 Å². The first-order valence-electron chi connectivity index (χ1n) is 7.80. The number of rotatable bonds is 3. The van der Waals surface area contributed by atoms with Crippen LogP contribution < -0.4 is 16.4 Å². The molecule has 0 aliphatic rings. The van der Waals surface area contributed by atoms with Crippen LogP contribution in [0.4, 0.5) is 5.13 Å². The summed E-state index contributed by atoms with van der Waals surface area (Å²) in [6.45, 7) is 0. The number of carbonyl (C=O) groups is 1. The largest absolute Gasteiger partial charge is 0.298 e. The van der Waals surface area contributed by atoms with Crippen LogP contribution in [0.1, 0.15) is 10.4 Å². The van der Waals surface area contributed by atoms with Crippen molar-refractivity contribution < 1.29 is 4.79 Å². The zero-order valence-corrected chi connectivity index (χ0v) is 15.2. The number of benzene rings is 2. The number of fused-ring (bicyclic) bond motifs is 1. The number of anilines is 1. The summed E-state index contributed by atoms with van der Waals surface area (Å²) < 4.78 is 1.98. The lowest BCUT2D eigenvalue weighted by Crippen LogP contribution is -2.26. The third-order valence-corrected chi connectivity index (χ3v) is 4.94. The zero-order valence-electron chi connectivity index (χ0n) is 13.6. The van der Waals surface area contributed by atoms with Gasteiger partial charge in [-0.3, -0.25) is 24.8 Å². The fraction of sp³-hybridized carbons (Fsp3) is 0. The number of hydrogen-bond donors (Lipinski definition) is 2. The monoisotopic (exact) mass is 398 g/mol. The quantitative estimate of drug-likeness (QED) is 0.554. The van der Waals surface area contributed by atoms with E-state index in [0.29, 0.717) is 26.9 Å². The van der Waals surface area contributed by atoms with Gasteiger partial charge in [-0.25, -0.2) is 9.67 Å². The Bertz CT molecular complexity index is 1290. The number of aromatic nitrogens is 3. The molecule has 9 heteroatoms. The van der Waals surface area contributed by atoms with Crippen molar-refractivity contribution >= 4 is 44.2 Å². The standard InChI is InChI=1S/C18H11ClN4O3S/c19-11-4-5-14-13(9-11)20-18(27-14)21-17(26)10-2-1-3-12(8-10)23-16(25)7-6-15(24)22-23/h1-9H,(H,22,24)(H,20,21,26). The van der Waals surface area contributed by atoms with Crippen LogP contribution in [0.3, 0.4) is 0 Å². The minimum Gasteiger partial charge on any atom is -0.298 e. The fourth-order valence-electron chi connectivity index (χ4n) is 2.53. The van der Waals surface area contributed by atoms with Crippen LogP contribution in [0.2, 0.25) is 5.02 Å². The average molecular weight is 399 g/mol. The Hall–Kier alpha value is -3.23. The van der Waals surface area contributed by atoms with Crippen LogP contribution in [0.5, 0.6) is 0 Å². The Morgan fingerprint density at radius 1 is 1.11 bits per heavy atom. The van der Waals surface area contributed by atoms with E-state index in [1.54, 1.807) is 30.3 Å². The molecule has 0 aliphatic carbocycles. The fourth-order valence-corrected chi connectivity index (χ4v) is 3.53. The Labute approximate surface area is 160 Å². The molecule has 2 heterocycles. The van der Waals surface area contributed by atoms with Crippen LogP contribution >= 0.6 is 22.9 Å². The smallest absolute Gasteiger partial charge is 0.269 e. The summed E-state index contributed by atoms with van der Waals surface area (Å²) in [5.41, 5.74) is 0.570. The molecule has 2 N–H and O–H groups in total. The Morgan fingerprint density at radius 2 is 1.96 bits per heavy atom. The van der Waals surface area contributed by atoms with Crippen molar-refractivity contribution in [2.45, 2.75) is 0 Å². The molecule has 0 fully saturated rings. The summed E-state index contributed by atoms with van der Waals surface area (Å²) in [4.78, 5) is 40.3. The first kappa shape index (κ1) is 17.2. The van der Waals surface area contributed by atoms with E-state index < -0.39 is 11.1 Å². The number of nitrogens with zero attached hydrogens (tertiary/aromatic N) is 2. The van der Waals surface area contributed by atoms with Crippen LogP contribution in [-0.2, 0) is 0 Å². The second kappa shape index (κ2) is 6.82. The van der Waals surface area contributed by atoms with Gasteiger partial charge in [0, 0.05) is 22.7 Å². The van der Waals surface area contributed by atoms with Crippen LogP contribution in [0.15, 0.2) is 64.2 Å². The second-order valence-corrected chi connectivity index (χ2v) is 7.09. The van der Waals surface area contributed by atoms with Gasteiger partial charge < -0.3 is 0 Å². The van der Waals surface area contributed by atoms with Crippen molar-refractivity contribution in [3.63, 3.8) is 0 Å². The van der Waals surface area contributed by atoms with Crippen molar-refractivity contribution in [3.8, 4) is 5.69 Å². The molecule has 0 atom stereocenters. The van der Waals surface area contributed by atoms with Gasteiger partial charge in [0.1, 0.15) is 0 Å². The molecule has 0 radical (unpaired) electrons. The molecular weight excluding hydrogens is 388 g/mol. The maximum Gasteiger partial charge on any atom is 0.269 e. The molecule has 0 saturated carbocycles. The zero-order chi connectivity index (χ0) is 19.0. The third-order valence-electron chi connectivity index (χ3n) is 3.76. The van der Waals surface area contributed by atoms with Gasteiger partial charge in [-0.05, 0) is 36.4 Å². The van der Waals surface area contributed by atoms with Gasteiger partial charge in [0.25, 0.3) is 17.0 Å². The van der Waals surface area contributed by atoms with Crippen molar-refractivity contribution in [3.05, 3.63) is 85.9 Å². The molecule has 7 nitrogen and oxygen atoms in total. The number of halogens is 1. The SMILES string of the molecule is O=C(Nc1nc2cc(Cl)ccc2s1)c1cccc(-n2[nH]c(=O)ccc2=O)c1. The van der Waals surface area contributed by atoms with Gasteiger partial charge in [-0.15, -0.1) is 0 Å². The minimum atomic E-state index is -0.419. The predicted octanol–water partition coefficient (Wildman–Crippen LogP) is 3.04. The van der Waals surface area contributed by atoms with Gasteiger partial charge in [0.05, 0.1) is 15.9 Å². The van der Waals surface area contributed by atoms with Crippen molar-refractivity contribution in [2.75, 3.05) is 5.32 Å². The highest BCUT2D eigenvalue weighted by Crippen LogP contribution is 2.28. The highest BCUT2D eigenvalue weighted by molar-refractivity contribution is 7.22. The van der Waals surface area contributed by atoms with E-state index in [4.69, 9.17) is 11.6 Å². The number of hydrogen-bond acceptors (Lipinski definition) is 5. The summed E-state index contributed by atoms with van der Waals surface area (Å²) in [6, 6.07) is 14.0. The van der Waals surface area contributed by atoms with E-state index in [1.165, 1.54) is 17.4 Å². The second-order valence-electron chi connectivity index (χ2n) is 5.62. The number of thiazole rings is 1. The van der Waals surface area contributed by atoms with E-state index in [9.17, 15) is 14.4 Å². The third kappa shape index (κ3) is 3.53. The van der Waals surface area contributed by atoms with Crippen molar-refractivity contribution in [2.24, 2.45) is 0 Å². The number of nitrogens with one attached hydrogen (secondary N) is 2. The van der Waals surface area contributed by atoms with E-state index in [0.717, 1.165) is 21.5 Å². The highest BCUT2D eigenvalue weighted by atomic mass is 35.5. The van der Waals surface area contributed by atoms with Gasteiger partial charge >= 0.3 is 0 Å². The topological polar surface area (TPSA) is 96.8 Å². The number of carbonyl (C=O) groups excluding carboxylic acids is 1. The Morgan fingerprint density at radius 3 is 2.81 bits per heavy atom. The van der Waals surface area contributed by atoms with Gasteiger partial charge in [0.15, 0.2) is 5.13 Å². The minimum absolute atomic E-state index is 0.321. The maximum atomic E-state index is 12.6. The van der Waals surface area contributed by atoms with Crippen LogP contribution in [-0.4, -0.2) is 20.7 Å². The number of aromatic amines is 1. The van der Waals surface area contributed by atoms with Crippen LogP contribution in [0.25, 0.3) is 15.9 Å². The molecule has 0 unspecified atom stereocenters. The first-order valence-corrected chi connectivity index (χ1v) is 8.99. The molecule has 0 bridgehead atoms. The van der Waals surface area contributed by atoms with Gasteiger partial charge in [0.2, 0.25) is 0 Å². The lowest BCUT2D eigenvalue weighted by atomic mass is 10.2. The molecule has 4 rings (SSSR count). The average Bonchev–Trinajstić information content (AvgIpc) is 3.05. The number of H-pyrrole nitrogens is 1. The van der Waals surface area contributed by atoms with E-state index >= 15 is 0 Å². The molecule has 27 heavy (non-hydrogen) atoms. The predicted molar refractivity (Wildman–Crippen MR) is 105 cm³/mol. The summed E-state index contributed by atoms with van der Waals surface area (Å²) in [5.74, 6) is -0.381. The summed E-state index contributed by atoms with van der Waals surface area (Å²) in [7, 11) is 0. The van der Waals surface area contributed by atoms with Gasteiger partial charge in [-0.2, -0.15) is 0 Å². The Kier molecular flexibility index (Phi) is 4.35. The molecule has 1 amide bonds. The highest BCUT2D eigenvalue weighted by Gasteiger charge is 2.12. The summed E-state index contributed by atoms with van der Waals surface area (Å²) >= 11 is 7.28. The normalized spacial score (nSPS) is 10.9.